The summed E-state index contributed by atoms with van der Waals surface area (Å²) in [6.45, 7) is 0. The molecule has 5 rings (SSSR count). The number of carbonyl (C=O) groups excluding carboxylic acids is 1. The lowest BCUT2D eigenvalue weighted by Gasteiger charge is -2.08. The van der Waals surface area contributed by atoms with Crippen molar-refractivity contribution < 1.29 is 9.53 Å². The maximum atomic E-state index is 13.2. The van der Waals surface area contributed by atoms with Crippen LogP contribution in [0.5, 0.6) is 0 Å². The van der Waals surface area contributed by atoms with Crippen LogP contribution >= 0.6 is 11.3 Å². The summed E-state index contributed by atoms with van der Waals surface area (Å²) in [5, 5.41) is 11.0. The van der Waals surface area contributed by atoms with E-state index in [4.69, 9.17) is 4.74 Å². The zero-order valence-electron chi connectivity index (χ0n) is 16.3. The summed E-state index contributed by atoms with van der Waals surface area (Å²) in [6.07, 6.45) is 1.32. The molecule has 0 saturated carbocycles. The highest BCUT2D eigenvalue weighted by Gasteiger charge is 2.23. The third-order valence-corrected chi connectivity index (χ3v) is 5.57. The van der Waals surface area contributed by atoms with Crippen LogP contribution < -0.4 is 5.69 Å². The van der Waals surface area contributed by atoms with Gasteiger partial charge in [0, 0.05) is 16.5 Å². The summed E-state index contributed by atoms with van der Waals surface area (Å²) in [5.74, 6) is -0.591. The van der Waals surface area contributed by atoms with Gasteiger partial charge in [-0.25, -0.2) is 14.6 Å². The fourth-order valence-corrected chi connectivity index (χ4v) is 4.05. The van der Waals surface area contributed by atoms with E-state index in [0.717, 1.165) is 21.3 Å². The van der Waals surface area contributed by atoms with Crippen LogP contribution in [0.3, 0.4) is 0 Å². The van der Waals surface area contributed by atoms with Gasteiger partial charge in [0.1, 0.15) is 16.8 Å². The molecule has 0 fully saturated rings. The number of hydrogen-bond acceptors (Lipinski definition) is 7. The van der Waals surface area contributed by atoms with Crippen LogP contribution in [0.25, 0.3) is 33.2 Å². The number of rotatable bonds is 4. The number of esters is 1. The highest BCUT2D eigenvalue weighted by Crippen LogP contribution is 2.27. The molecular formula is C22H15N5O3S. The van der Waals surface area contributed by atoms with Crippen molar-refractivity contribution in [2.75, 3.05) is 7.11 Å². The molecule has 0 N–H and O–H groups in total. The highest BCUT2D eigenvalue weighted by molar-refractivity contribution is 7.12. The van der Waals surface area contributed by atoms with Crippen LogP contribution in [0.15, 0.2) is 77.0 Å². The van der Waals surface area contributed by atoms with Gasteiger partial charge in [-0.15, -0.1) is 11.3 Å². The largest absolute Gasteiger partial charge is 0.465 e. The molecule has 0 atom stereocenters. The second kappa shape index (κ2) is 7.62. The third-order valence-electron chi connectivity index (χ3n) is 4.75. The topological polar surface area (TPSA) is 91.4 Å². The minimum Gasteiger partial charge on any atom is -0.465 e. The Hall–Kier alpha value is -4.11. The molecule has 0 aliphatic heterocycles. The van der Waals surface area contributed by atoms with Gasteiger partial charge in [0.05, 0.1) is 19.0 Å². The minimum atomic E-state index is -0.591. The average Bonchev–Trinajstić information content (AvgIpc) is 3.48. The maximum absolute atomic E-state index is 13.2. The maximum Gasteiger partial charge on any atom is 0.372 e. The summed E-state index contributed by atoms with van der Waals surface area (Å²) in [4.78, 5) is 30.1. The molecule has 152 valence electrons. The Labute approximate surface area is 180 Å². The molecular weight excluding hydrogens is 414 g/mol. The minimum absolute atomic E-state index is 0.169. The van der Waals surface area contributed by atoms with Gasteiger partial charge >= 0.3 is 11.7 Å². The number of benzene rings is 2. The van der Waals surface area contributed by atoms with Crippen molar-refractivity contribution >= 4 is 22.8 Å². The Morgan fingerprint density at radius 2 is 1.68 bits per heavy atom. The van der Waals surface area contributed by atoms with Crippen LogP contribution in [0.2, 0.25) is 0 Å². The first-order valence-electron chi connectivity index (χ1n) is 9.33. The molecule has 5 aromatic rings. The van der Waals surface area contributed by atoms with Crippen LogP contribution in [0, 0.1) is 0 Å². The highest BCUT2D eigenvalue weighted by atomic mass is 32.1. The van der Waals surface area contributed by atoms with Crippen molar-refractivity contribution in [1.82, 2.24) is 24.4 Å². The summed E-state index contributed by atoms with van der Waals surface area (Å²) >= 11 is 1.30. The molecule has 9 heteroatoms. The van der Waals surface area contributed by atoms with Crippen molar-refractivity contribution in [2.24, 2.45) is 0 Å². The third kappa shape index (κ3) is 3.21. The molecule has 0 amide bonds. The van der Waals surface area contributed by atoms with E-state index in [2.05, 4.69) is 15.2 Å². The second-order valence-electron chi connectivity index (χ2n) is 6.60. The SMILES string of the molecule is COC(=O)c1cnn2c(=O)n(-c3nc(-c4ccccc4)cs3)nc(-c3ccccc3)c12. The Kier molecular flexibility index (Phi) is 4.64. The molecule has 0 unspecified atom stereocenters. The van der Waals surface area contributed by atoms with E-state index >= 15 is 0 Å². The van der Waals surface area contributed by atoms with E-state index in [9.17, 15) is 9.59 Å². The molecule has 3 aromatic heterocycles. The first kappa shape index (κ1) is 18.9. The van der Waals surface area contributed by atoms with E-state index in [1.165, 1.54) is 29.3 Å². The van der Waals surface area contributed by atoms with Gasteiger partial charge in [0.25, 0.3) is 0 Å². The van der Waals surface area contributed by atoms with Gasteiger partial charge in [0.15, 0.2) is 0 Å². The number of methoxy groups -OCH3 is 1. The number of fused-ring (bicyclic) bond motifs is 1. The number of aromatic nitrogens is 5. The van der Waals surface area contributed by atoms with Gasteiger partial charge in [-0.05, 0) is 0 Å². The fraction of sp³-hybridized carbons (Fsp3) is 0.0455. The van der Waals surface area contributed by atoms with Crippen molar-refractivity contribution in [3.8, 4) is 27.6 Å². The average molecular weight is 429 g/mol. The summed E-state index contributed by atoms with van der Waals surface area (Å²) < 4.78 is 7.23. The van der Waals surface area contributed by atoms with Gasteiger partial charge in [0.2, 0.25) is 5.13 Å². The molecule has 2 aromatic carbocycles. The molecule has 0 radical (unpaired) electrons. The van der Waals surface area contributed by atoms with Crippen LogP contribution in [0.4, 0.5) is 0 Å². The molecule has 31 heavy (non-hydrogen) atoms. The normalized spacial score (nSPS) is 11.0. The molecule has 3 heterocycles. The lowest BCUT2D eigenvalue weighted by molar-refractivity contribution is 0.0603. The number of thiazole rings is 1. The molecule has 0 bridgehead atoms. The fourth-order valence-electron chi connectivity index (χ4n) is 3.28. The number of nitrogens with zero attached hydrogens (tertiary/aromatic N) is 5. The molecule has 0 aliphatic rings. The standard InChI is InChI=1S/C22H15N5O3S/c1-30-20(28)16-12-23-26-19(16)18(15-10-6-3-7-11-15)25-27(22(26)29)21-24-17(13-31-21)14-8-4-2-5-9-14/h2-13H,1H3. The van der Waals surface area contributed by atoms with Crippen LogP contribution in [0.1, 0.15) is 10.4 Å². The van der Waals surface area contributed by atoms with Crippen LogP contribution in [-0.4, -0.2) is 37.5 Å². The van der Waals surface area contributed by atoms with E-state index in [-0.39, 0.29) is 5.56 Å². The number of hydrogen-bond donors (Lipinski definition) is 0. The quantitative estimate of drug-likeness (QED) is 0.407. The first-order chi connectivity index (χ1) is 15.2. The van der Waals surface area contributed by atoms with E-state index in [1.54, 1.807) is 0 Å². The molecule has 8 nitrogen and oxygen atoms in total. The van der Waals surface area contributed by atoms with Gasteiger partial charge in [-0.1, -0.05) is 60.7 Å². The number of ether oxygens (including phenoxy) is 1. The lowest BCUT2D eigenvalue weighted by atomic mass is 10.1. The summed E-state index contributed by atoms with van der Waals surface area (Å²) in [6, 6.07) is 19.0. The van der Waals surface area contributed by atoms with Gasteiger partial charge in [-0.2, -0.15) is 19.4 Å². The number of carbonyl (C=O) groups is 1. The zero-order valence-corrected chi connectivity index (χ0v) is 17.1. The van der Waals surface area contributed by atoms with Crippen molar-refractivity contribution in [2.45, 2.75) is 0 Å². The van der Waals surface area contributed by atoms with Crippen molar-refractivity contribution in [3.63, 3.8) is 0 Å². The zero-order chi connectivity index (χ0) is 21.4. The van der Waals surface area contributed by atoms with Crippen molar-refractivity contribution in [1.29, 1.82) is 0 Å². The lowest BCUT2D eigenvalue weighted by Crippen LogP contribution is -2.29. The van der Waals surface area contributed by atoms with E-state index in [1.807, 2.05) is 66.0 Å². The van der Waals surface area contributed by atoms with Gasteiger partial charge in [-0.3, -0.25) is 0 Å². The monoisotopic (exact) mass is 429 g/mol. The van der Waals surface area contributed by atoms with E-state index < -0.39 is 11.7 Å². The Balaban J connectivity index is 1.76. The predicted octanol–water partition coefficient (Wildman–Crippen LogP) is 3.46. The smallest absolute Gasteiger partial charge is 0.372 e. The Morgan fingerprint density at radius 1 is 1.00 bits per heavy atom. The van der Waals surface area contributed by atoms with Crippen LogP contribution in [-0.2, 0) is 4.74 Å². The summed E-state index contributed by atoms with van der Waals surface area (Å²) in [7, 11) is 1.28. The first-order valence-corrected chi connectivity index (χ1v) is 10.2. The summed E-state index contributed by atoms with van der Waals surface area (Å²) in [5.41, 5.74) is 2.77. The predicted molar refractivity (Wildman–Crippen MR) is 116 cm³/mol. The second-order valence-corrected chi connectivity index (χ2v) is 7.44. The van der Waals surface area contributed by atoms with Gasteiger partial charge < -0.3 is 4.74 Å². The molecule has 0 aliphatic carbocycles. The Bertz CT molecular complexity index is 1460. The van der Waals surface area contributed by atoms with Crippen molar-refractivity contribution in [3.05, 3.63) is 88.3 Å². The molecule has 0 saturated heterocycles. The Morgan fingerprint density at radius 3 is 2.35 bits per heavy atom. The molecule has 0 spiro atoms. The van der Waals surface area contributed by atoms with E-state index in [0.29, 0.717) is 16.3 Å².